The maximum atomic E-state index is 2.64. The third-order valence-electron chi connectivity index (χ3n) is 7.85. The van der Waals surface area contributed by atoms with E-state index in [1.807, 2.05) is 0 Å². The molecule has 0 spiro atoms. The molecule has 0 bridgehead atoms. The van der Waals surface area contributed by atoms with Crippen molar-refractivity contribution < 1.29 is 0 Å². The fraction of sp³-hybridized carbons (Fsp3) is 0.226. The van der Waals surface area contributed by atoms with Crippen LogP contribution in [0.25, 0.3) is 27.5 Å². The fourth-order valence-electron chi connectivity index (χ4n) is 6.47. The predicted octanol–water partition coefficient (Wildman–Crippen LogP) is 8.27. The molecule has 0 radical (unpaired) electrons. The molecule has 0 saturated heterocycles. The number of hydrogen-bond acceptors (Lipinski definition) is 1. The monoisotopic (exact) mass is 428 g/mol. The fourth-order valence-corrected chi connectivity index (χ4v) is 6.47. The van der Waals surface area contributed by atoms with Gasteiger partial charge in [-0.3, -0.25) is 0 Å². The molecule has 5 aromatic rings. The lowest BCUT2D eigenvalue weighted by molar-refractivity contribution is 0.402. The van der Waals surface area contributed by atoms with Crippen molar-refractivity contribution in [1.29, 1.82) is 0 Å². The van der Waals surface area contributed by atoms with Crippen molar-refractivity contribution in [2.45, 2.75) is 44.6 Å². The van der Waals surface area contributed by atoms with E-state index < -0.39 is 0 Å². The summed E-state index contributed by atoms with van der Waals surface area (Å²) >= 11 is 0. The van der Waals surface area contributed by atoms with Gasteiger partial charge in [0.25, 0.3) is 0 Å². The van der Waals surface area contributed by atoms with E-state index in [0.29, 0.717) is 12.0 Å². The number of para-hydroxylation sites is 2. The van der Waals surface area contributed by atoms with Gasteiger partial charge in [0.2, 0.25) is 0 Å². The maximum Gasteiger partial charge on any atom is 0.0541 e. The van der Waals surface area contributed by atoms with Gasteiger partial charge in [0.05, 0.1) is 11.0 Å². The number of rotatable bonds is 2. The van der Waals surface area contributed by atoms with Crippen LogP contribution in [0.3, 0.4) is 0 Å². The van der Waals surface area contributed by atoms with Gasteiger partial charge in [-0.25, -0.2) is 0 Å². The van der Waals surface area contributed by atoms with E-state index in [2.05, 4.69) is 107 Å². The Morgan fingerprint density at radius 3 is 2.15 bits per heavy atom. The van der Waals surface area contributed by atoms with Crippen LogP contribution >= 0.6 is 0 Å². The van der Waals surface area contributed by atoms with Gasteiger partial charge in [0.15, 0.2) is 0 Å². The number of benzene rings is 4. The molecule has 2 heteroatoms. The molecule has 1 saturated carbocycles. The van der Waals surface area contributed by atoms with Crippen LogP contribution in [0.15, 0.2) is 91.0 Å². The lowest BCUT2D eigenvalue weighted by atomic mass is 9.82. The quantitative estimate of drug-likeness (QED) is 0.275. The van der Waals surface area contributed by atoms with Crippen LogP contribution in [0, 0.1) is 6.92 Å². The third kappa shape index (κ3) is 2.80. The summed E-state index contributed by atoms with van der Waals surface area (Å²) in [5, 5.41) is 2.65. The summed E-state index contributed by atoms with van der Waals surface area (Å²) in [6, 6.07) is 34.4. The number of aryl methyl sites for hydroxylation is 1. The van der Waals surface area contributed by atoms with Crippen molar-refractivity contribution in [2.75, 3.05) is 4.90 Å². The molecule has 1 aliphatic carbocycles. The van der Waals surface area contributed by atoms with Gasteiger partial charge in [0, 0.05) is 39.8 Å². The summed E-state index contributed by atoms with van der Waals surface area (Å²) in [7, 11) is 0. The van der Waals surface area contributed by atoms with Gasteiger partial charge in [-0.1, -0.05) is 61.4 Å². The molecule has 2 heterocycles. The molecule has 1 aromatic heterocycles. The van der Waals surface area contributed by atoms with Crippen LogP contribution in [0.4, 0.5) is 11.4 Å². The largest absolute Gasteiger partial charge is 0.338 e. The van der Waals surface area contributed by atoms with E-state index >= 15 is 0 Å². The third-order valence-corrected chi connectivity index (χ3v) is 7.85. The smallest absolute Gasteiger partial charge is 0.0541 e. The summed E-state index contributed by atoms with van der Waals surface area (Å²) in [6.07, 6.45) is 5.23. The van der Waals surface area contributed by atoms with Crippen molar-refractivity contribution in [3.8, 4) is 5.69 Å². The second-order valence-corrected chi connectivity index (χ2v) is 9.78. The van der Waals surface area contributed by atoms with E-state index in [4.69, 9.17) is 0 Å². The Hall–Kier alpha value is -3.52. The van der Waals surface area contributed by atoms with Gasteiger partial charge in [-0.05, 0) is 73.4 Å². The normalized spacial score (nSPS) is 19.7. The second-order valence-electron chi connectivity index (χ2n) is 9.78. The van der Waals surface area contributed by atoms with Gasteiger partial charge in [0.1, 0.15) is 0 Å². The van der Waals surface area contributed by atoms with Crippen molar-refractivity contribution in [3.05, 3.63) is 102 Å². The second kappa shape index (κ2) is 7.25. The standard InChI is InChI=1S/C31H28N2/c1-21-9-8-10-22(19-21)32-30-16-7-4-13-26(30)27-20-23(17-18-31(27)32)33-28-14-5-2-11-24(28)25-12-3-6-15-29(25)33/h2-3,5-6,8-12,14-15,17-20,26,30H,4,7,13,16H2,1H3. The summed E-state index contributed by atoms with van der Waals surface area (Å²) in [4.78, 5) is 2.64. The minimum absolute atomic E-state index is 0.573. The van der Waals surface area contributed by atoms with Crippen molar-refractivity contribution in [2.24, 2.45) is 0 Å². The summed E-state index contributed by atoms with van der Waals surface area (Å²) in [5.41, 5.74) is 9.45. The zero-order valence-corrected chi connectivity index (χ0v) is 19.0. The van der Waals surface area contributed by atoms with Crippen molar-refractivity contribution in [3.63, 3.8) is 0 Å². The highest BCUT2D eigenvalue weighted by Crippen LogP contribution is 2.51. The molecule has 2 nitrogen and oxygen atoms in total. The minimum Gasteiger partial charge on any atom is -0.338 e. The predicted molar refractivity (Wildman–Crippen MR) is 139 cm³/mol. The number of anilines is 2. The highest BCUT2D eigenvalue weighted by atomic mass is 15.2. The molecule has 2 aliphatic rings. The molecule has 33 heavy (non-hydrogen) atoms. The Kier molecular flexibility index (Phi) is 4.17. The first-order chi connectivity index (χ1) is 16.3. The van der Waals surface area contributed by atoms with E-state index in [-0.39, 0.29) is 0 Å². The zero-order valence-electron chi connectivity index (χ0n) is 19.0. The Bertz CT molecular complexity index is 1460. The minimum atomic E-state index is 0.573. The highest BCUT2D eigenvalue weighted by Gasteiger charge is 2.40. The highest BCUT2D eigenvalue weighted by molar-refractivity contribution is 6.09. The summed E-state index contributed by atoms with van der Waals surface area (Å²) in [5.74, 6) is 0.613. The molecule has 0 N–H and O–H groups in total. The first-order valence-corrected chi connectivity index (χ1v) is 12.3. The molecule has 0 amide bonds. The summed E-state index contributed by atoms with van der Waals surface area (Å²) < 4.78 is 2.46. The van der Waals surface area contributed by atoms with Gasteiger partial charge in [-0.2, -0.15) is 0 Å². The Balaban J connectivity index is 1.45. The molecule has 162 valence electrons. The Morgan fingerprint density at radius 1 is 0.667 bits per heavy atom. The summed E-state index contributed by atoms with van der Waals surface area (Å²) in [6.45, 7) is 2.20. The van der Waals surface area contributed by atoms with E-state index in [1.165, 1.54) is 75.7 Å². The first-order valence-electron chi connectivity index (χ1n) is 12.3. The average Bonchev–Trinajstić information content (AvgIpc) is 3.37. The lowest BCUT2D eigenvalue weighted by Crippen LogP contribution is -2.32. The zero-order chi connectivity index (χ0) is 21.9. The van der Waals surface area contributed by atoms with E-state index in [0.717, 1.165) is 0 Å². The molecule has 2 atom stereocenters. The van der Waals surface area contributed by atoms with Crippen molar-refractivity contribution in [1.82, 2.24) is 4.57 Å². The topological polar surface area (TPSA) is 8.17 Å². The van der Waals surface area contributed by atoms with Crippen LogP contribution in [-0.4, -0.2) is 10.6 Å². The maximum absolute atomic E-state index is 2.64. The number of nitrogens with zero attached hydrogens (tertiary/aromatic N) is 2. The van der Waals surface area contributed by atoms with Crippen LogP contribution in [-0.2, 0) is 0 Å². The Morgan fingerprint density at radius 2 is 1.39 bits per heavy atom. The molecular weight excluding hydrogens is 400 g/mol. The Labute approximate surface area is 195 Å². The molecule has 7 rings (SSSR count). The average molecular weight is 429 g/mol. The molecule has 4 aromatic carbocycles. The van der Waals surface area contributed by atoms with Crippen molar-refractivity contribution >= 4 is 33.2 Å². The van der Waals surface area contributed by atoms with Gasteiger partial charge in [-0.15, -0.1) is 0 Å². The van der Waals surface area contributed by atoms with Gasteiger partial charge < -0.3 is 9.47 Å². The van der Waals surface area contributed by atoms with Crippen LogP contribution in [0.1, 0.15) is 42.7 Å². The molecule has 2 unspecified atom stereocenters. The number of hydrogen-bond donors (Lipinski definition) is 0. The molecule has 1 fully saturated rings. The van der Waals surface area contributed by atoms with E-state index in [1.54, 1.807) is 0 Å². The number of aromatic nitrogens is 1. The SMILES string of the molecule is Cc1cccc(N2c3ccc(-n4c5ccccc5c5ccccc54)cc3C3CCCCC32)c1. The lowest BCUT2D eigenvalue weighted by Gasteiger charge is -2.33. The van der Waals surface area contributed by atoms with Gasteiger partial charge >= 0.3 is 0 Å². The first kappa shape index (κ1) is 19.0. The molecule has 1 aliphatic heterocycles. The molecular formula is C31H28N2. The van der Waals surface area contributed by atoms with Crippen LogP contribution < -0.4 is 4.90 Å². The number of fused-ring (bicyclic) bond motifs is 6. The van der Waals surface area contributed by atoms with E-state index in [9.17, 15) is 0 Å². The van der Waals surface area contributed by atoms with Crippen LogP contribution in [0.2, 0.25) is 0 Å². The van der Waals surface area contributed by atoms with Crippen LogP contribution in [0.5, 0.6) is 0 Å².